The van der Waals surface area contributed by atoms with E-state index in [-0.39, 0.29) is 21.3 Å². The molecule has 2 nitrogen and oxygen atoms in total. The number of halogens is 4. The molecule has 0 aliphatic carbocycles. The molecular formula is C14H10BrF3O2. The van der Waals surface area contributed by atoms with Crippen LogP contribution in [-0.2, 0) is 0 Å². The van der Waals surface area contributed by atoms with Crippen molar-refractivity contribution >= 4 is 15.9 Å². The number of hydrogen-bond acceptors (Lipinski definition) is 2. The van der Waals surface area contributed by atoms with Crippen LogP contribution in [0.3, 0.4) is 0 Å². The summed E-state index contributed by atoms with van der Waals surface area (Å²) in [5.74, 6) is -2.07. The number of benzene rings is 2. The van der Waals surface area contributed by atoms with Gasteiger partial charge in [0.25, 0.3) is 0 Å². The van der Waals surface area contributed by atoms with Gasteiger partial charge in [0, 0.05) is 17.2 Å². The second kappa shape index (κ2) is 5.85. The van der Waals surface area contributed by atoms with Crippen LogP contribution < -0.4 is 4.74 Å². The van der Waals surface area contributed by atoms with Crippen LogP contribution in [0.15, 0.2) is 34.8 Å². The molecule has 2 aromatic carbocycles. The number of ether oxygens (including phenoxy) is 1. The molecule has 106 valence electrons. The molecule has 0 spiro atoms. The van der Waals surface area contributed by atoms with Gasteiger partial charge >= 0.3 is 0 Å². The van der Waals surface area contributed by atoms with E-state index in [4.69, 9.17) is 4.74 Å². The zero-order valence-corrected chi connectivity index (χ0v) is 11.9. The normalized spacial score (nSPS) is 12.3. The summed E-state index contributed by atoms with van der Waals surface area (Å²) in [7, 11) is 1.37. The summed E-state index contributed by atoms with van der Waals surface area (Å²) in [6.45, 7) is 0. The second-order valence-corrected chi connectivity index (χ2v) is 4.93. The van der Waals surface area contributed by atoms with Gasteiger partial charge in [0.2, 0.25) is 0 Å². The summed E-state index contributed by atoms with van der Waals surface area (Å²) in [5, 5.41) is 10.0. The third-order valence-electron chi connectivity index (χ3n) is 2.84. The fourth-order valence-electron chi connectivity index (χ4n) is 1.77. The van der Waals surface area contributed by atoms with Gasteiger partial charge < -0.3 is 9.84 Å². The Bertz CT molecular complexity index is 647. The van der Waals surface area contributed by atoms with Crippen LogP contribution in [0.5, 0.6) is 5.75 Å². The van der Waals surface area contributed by atoms with Crippen LogP contribution in [0, 0.1) is 17.5 Å². The average molecular weight is 347 g/mol. The van der Waals surface area contributed by atoms with Crippen LogP contribution in [0.4, 0.5) is 13.2 Å². The molecule has 0 radical (unpaired) electrons. The van der Waals surface area contributed by atoms with Crippen LogP contribution in [0.2, 0.25) is 0 Å². The number of methoxy groups -OCH3 is 1. The molecule has 2 aromatic rings. The summed E-state index contributed by atoms with van der Waals surface area (Å²) in [5.41, 5.74) is -0.499. The molecular weight excluding hydrogens is 337 g/mol. The van der Waals surface area contributed by atoms with E-state index in [0.29, 0.717) is 0 Å². The van der Waals surface area contributed by atoms with Crippen LogP contribution in [-0.4, -0.2) is 12.2 Å². The lowest BCUT2D eigenvalue weighted by atomic mass is 10.0. The van der Waals surface area contributed by atoms with E-state index in [9.17, 15) is 18.3 Å². The molecule has 0 fully saturated rings. The summed E-state index contributed by atoms with van der Waals surface area (Å²) in [4.78, 5) is 0. The Morgan fingerprint density at radius 1 is 1.00 bits per heavy atom. The third-order valence-corrected chi connectivity index (χ3v) is 3.44. The average Bonchev–Trinajstić information content (AvgIpc) is 2.42. The van der Waals surface area contributed by atoms with E-state index in [2.05, 4.69) is 15.9 Å². The van der Waals surface area contributed by atoms with Gasteiger partial charge in [-0.2, -0.15) is 0 Å². The highest BCUT2D eigenvalue weighted by Crippen LogP contribution is 2.30. The van der Waals surface area contributed by atoms with Gasteiger partial charge in [-0.1, -0.05) is 0 Å². The highest BCUT2D eigenvalue weighted by Gasteiger charge is 2.21. The van der Waals surface area contributed by atoms with Crippen LogP contribution in [0.1, 0.15) is 17.2 Å². The number of aliphatic hydroxyl groups is 1. The summed E-state index contributed by atoms with van der Waals surface area (Å²) >= 11 is 2.83. The van der Waals surface area contributed by atoms with Crippen molar-refractivity contribution in [2.75, 3.05) is 7.11 Å². The molecule has 1 atom stereocenters. The van der Waals surface area contributed by atoms with Crippen molar-refractivity contribution in [2.45, 2.75) is 6.10 Å². The Kier molecular flexibility index (Phi) is 4.35. The van der Waals surface area contributed by atoms with Crippen molar-refractivity contribution in [3.8, 4) is 5.75 Å². The molecule has 0 aromatic heterocycles. The smallest absolute Gasteiger partial charge is 0.137 e. The summed E-state index contributed by atoms with van der Waals surface area (Å²) in [6, 6.07) is 5.46. The first-order chi connectivity index (χ1) is 9.43. The maximum Gasteiger partial charge on any atom is 0.137 e. The van der Waals surface area contributed by atoms with E-state index < -0.39 is 23.6 Å². The van der Waals surface area contributed by atoms with E-state index in [1.54, 1.807) is 0 Å². The van der Waals surface area contributed by atoms with E-state index >= 15 is 0 Å². The zero-order valence-electron chi connectivity index (χ0n) is 10.3. The Balaban J connectivity index is 2.46. The molecule has 0 saturated heterocycles. The SMILES string of the molecule is COc1ccc(C(O)c2cc(F)c(Br)cc2F)c(F)c1. The van der Waals surface area contributed by atoms with Gasteiger partial charge in [0.1, 0.15) is 29.3 Å². The minimum atomic E-state index is -1.61. The molecule has 0 saturated carbocycles. The Hall–Kier alpha value is -1.53. The predicted octanol–water partition coefficient (Wildman–Crippen LogP) is 3.96. The summed E-state index contributed by atoms with van der Waals surface area (Å²) in [6.07, 6.45) is -1.61. The van der Waals surface area contributed by atoms with Crippen molar-refractivity contribution in [1.29, 1.82) is 0 Å². The minimum Gasteiger partial charge on any atom is -0.497 e. The first-order valence-electron chi connectivity index (χ1n) is 5.60. The van der Waals surface area contributed by atoms with Gasteiger partial charge in [-0.15, -0.1) is 0 Å². The minimum absolute atomic E-state index is 0.0684. The molecule has 0 amide bonds. The Morgan fingerprint density at radius 3 is 2.25 bits per heavy atom. The topological polar surface area (TPSA) is 29.5 Å². The molecule has 0 aliphatic heterocycles. The van der Waals surface area contributed by atoms with Crippen molar-refractivity contribution in [3.63, 3.8) is 0 Å². The lowest BCUT2D eigenvalue weighted by molar-refractivity contribution is 0.209. The predicted molar refractivity (Wildman–Crippen MR) is 71.1 cm³/mol. The van der Waals surface area contributed by atoms with Gasteiger partial charge in [-0.25, -0.2) is 13.2 Å². The summed E-state index contributed by atoms with van der Waals surface area (Å²) < 4.78 is 45.7. The maximum atomic E-state index is 13.8. The zero-order chi connectivity index (χ0) is 14.9. The van der Waals surface area contributed by atoms with Gasteiger partial charge in [-0.05, 0) is 40.2 Å². The number of rotatable bonds is 3. The lowest BCUT2D eigenvalue weighted by Crippen LogP contribution is -2.06. The van der Waals surface area contributed by atoms with Gasteiger partial charge in [0.05, 0.1) is 11.6 Å². The fourth-order valence-corrected chi connectivity index (χ4v) is 2.09. The molecule has 0 aliphatic rings. The van der Waals surface area contributed by atoms with E-state index in [1.165, 1.54) is 19.2 Å². The van der Waals surface area contributed by atoms with Crippen LogP contribution in [0.25, 0.3) is 0 Å². The Labute approximate surface area is 121 Å². The molecule has 0 heterocycles. The number of aliphatic hydroxyl groups excluding tert-OH is 1. The molecule has 1 unspecified atom stereocenters. The largest absolute Gasteiger partial charge is 0.497 e. The van der Waals surface area contributed by atoms with E-state index in [0.717, 1.165) is 18.2 Å². The van der Waals surface area contributed by atoms with Crippen molar-refractivity contribution in [1.82, 2.24) is 0 Å². The number of hydrogen-bond donors (Lipinski definition) is 1. The van der Waals surface area contributed by atoms with Crippen molar-refractivity contribution in [3.05, 3.63) is 63.4 Å². The molecule has 6 heteroatoms. The van der Waals surface area contributed by atoms with E-state index in [1.807, 2.05) is 0 Å². The standard InChI is InChI=1S/C14H10BrF3O2/c1-20-7-2-3-8(11(16)4-7)14(19)9-5-13(18)10(15)6-12(9)17/h2-6,14,19H,1H3. The third kappa shape index (κ3) is 2.81. The monoisotopic (exact) mass is 346 g/mol. The van der Waals surface area contributed by atoms with Crippen LogP contribution >= 0.6 is 15.9 Å². The highest BCUT2D eigenvalue weighted by atomic mass is 79.9. The first kappa shape index (κ1) is 14.9. The molecule has 20 heavy (non-hydrogen) atoms. The maximum absolute atomic E-state index is 13.8. The molecule has 1 N–H and O–H groups in total. The highest BCUT2D eigenvalue weighted by molar-refractivity contribution is 9.10. The molecule has 0 bridgehead atoms. The fraction of sp³-hybridized carbons (Fsp3) is 0.143. The van der Waals surface area contributed by atoms with Gasteiger partial charge in [0.15, 0.2) is 0 Å². The first-order valence-corrected chi connectivity index (χ1v) is 6.39. The van der Waals surface area contributed by atoms with Gasteiger partial charge in [-0.3, -0.25) is 0 Å². The van der Waals surface area contributed by atoms with Crippen molar-refractivity contribution in [2.24, 2.45) is 0 Å². The molecule has 2 rings (SSSR count). The Morgan fingerprint density at radius 2 is 1.65 bits per heavy atom. The van der Waals surface area contributed by atoms with Crippen molar-refractivity contribution < 1.29 is 23.0 Å². The quantitative estimate of drug-likeness (QED) is 0.852. The second-order valence-electron chi connectivity index (χ2n) is 4.08. The lowest BCUT2D eigenvalue weighted by Gasteiger charge is -2.14.